The van der Waals surface area contributed by atoms with Crippen LogP contribution in [-0.4, -0.2) is 18.5 Å². The predicted molar refractivity (Wildman–Crippen MR) is 108 cm³/mol. The Morgan fingerprint density at radius 2 is 1.62 bits per heavy atom. The number of hydrogen-bond acceptors (Lipinski definition) is 6. The lowest BCUT2D eigenvalue weighted by atomic mass is 10.2. The number of ether oxygens (including phenoxy) is 1. The van der Waals surface area contributed by atoms with Gasteiger partial charge >= 0.3 is 0 Å². The summed E-state index contributed by atoms with van der Waals surface area (Å²) in [6.07, 6.45) is 0. The summed E-state index contributed by atoms with van der Waals surface area (Å²) in [5, 5.41) is 24.1. The standard InChI is InChI=1S/C20H16N4O4S/c21-29(26,27)16-9-6-13(7-10-16)23-24-19-17-11-8-15(12-18(17)22-20(19)25)28-14-4-2-1-3-5-14/h1-12,22,25H,(H2,21,26,27). The molecule has 4 N–H and O–H groups in total. The second kappa shape index (κ2) is 7.38. The van der Waals surface area contributed by atoms with Crippen molar-refractivity contribution in [2.24, 2.45) is 15.4 Å². The summed E-state index contributed by atoms with van der Waals surface area (Å²) in [4.78, 5) is 2.83. The van der Waals surface area contributed by atoms with Gasteiger partial charge in [0.1, 0.15) is 11.5 Å². The molecule has 8 nitrogen and oxygen atoms in total. The Bertz CT molecular complexity index is 1300. The van der Waals surface area contributed by atoms with E-state index < -0.39 is 10.0 Å². The smallest absolute Gasteiger partial charge is 0.238 e. The highest BCUT2D eigenvalue weighted by Crippen LogP contribution is 2.38. The van der Waals surface area contributed by atoms with E-state index in [-0.39, 0.29) is 16.5 Å². The molecule has 0 spiro atoms. The maximum atomic E-state index is 11.3. The van der Waals surface area contributed by atoms with Crippen molar-refractivity contribution in [3.8, 4) is 17.4 Å². The van der Waals surface area contributed by atoms with Gasteiger partial charge in [0.15, 0.2) is 5.69 Å². The first-order valence-corrected chi connectivity index (χ1v) is 10.1. The highest BCUT2D eigenvalue weighted by Gasteiger charge is 2.12. The van der Waals surface area contributed by atoms with Crippen LogP contribution in [0.1, 0.15) is 0 Å². The zero-order chi connectivity index (χ0) is 20.4. The van der Waals surface area contributed by atoms with E-state index in [1.165, 1.54) is 24.3 Å². The fourth-order valence-electron chi connectivity index (χ4n) is 2.75. The van der Waals surface area contributed by atoms with E-state index >= 15 is 0 Å². The molecule has 1 heterocycles. The van der Waals surface area contributed by atoms with Gasteiger partial charge in [-0.05, 0) is 48.5 Å². The Kier molecular flexibility index (Phi) is 4.75. The molecule has 3 aromatic carbocycles. The van der Waals surface area contributed by atoms with E-state index in [4.69, 9.17) is 9.88 Å². The Morgan fingerprint density at radius 3 is 2.31 bits per heavy atom. The normalized spacial score (nSPS) is 11.9. The first-order valence-electron chi connectivity index (χ1n) is 8.52. The van der Waals surface area contributed by atoms with Gasteiger partial charge in [-0.3, -0.25) is 0 Å². The van der Waals surface area contributed by atoms with Crippen LogP contribution < -0.4 is 9.88 Å². The number of hydrogen-bond donors (Lipinski definition) is 3. The van der Waals surface area contributed by atoms with Gasteiger partial charge < -0.3 is 14.8 Å². The number of sulfonamides is 1. The molecule has 0 fully saturated rings. The lowest BCUT2D eigenvalue weighted by Crippen LogP contribution is -2.11. The molecule has 4 aromatic rings. The number of benzene rings is 3. The maximum Gasteiger partial charge on any atom is 0.238 e. The number of para-hydroxylation sites is 1. The summed E-state index contributed by atoms with van der Waals surface area (Å²) in [6, 6.07) is 20.3. The molecular weight excluding hydrogens is 392 g/mol. The van der Waals surface area contributed by atoms with Gasteiger partial charge in [0, 0.05) is 11.5 Å². The third kappa shape index (κ3) is 4.10. The van der Waals surface area contributed by atoms with Crippen LogP contribution in [0.25, 0.3) is 10.9 Å². The molecule has 29 heavy (non-hydrogen) atoms. The molecule has 0 radical (unpaired) electrons. The largest absolute Gasteiger partial charge is 0.493 e. The molecule has 0 unspecified atom stereocenters. The van der Waals surface area contributed by atoms with E-state index in [1.54, 1.807) is 18.2 Å². The average molecular weight is 408 g/mol. The van der Waals surface area contributed by atoms with Crippen LogP contribution >= 0.6 is 0 Å². The molecule has 1 aromatic heterocycles. The van der Waals surface area contributed by atoms with Crippen LogP contribution in [0, 0.1) is 0 Å². The van der Waals surface area contributed by atoms with Crippen molar-refractivity contribution >= 4 is 32.3 Å². The Hall–Kier alpha value is -3.69. The maximum absolute atomic E-state index is 11.3. The second-order valence-electron chi connectivity index (χ2n) is 6.18. The Labute approximate surface area is 166 Å². The minimum absolute atomic E-state index is 0.0164. The third-order valence-corrected chi connectivity index (χ3v) is 5.06. The number of fused-ring (bicyclic) bond motifs is 1. The van der Waals surface area contributed by atoms with Crippen molar-refractivity contribution in [3.05, 3.63) is 72.8 Å². The number of aromatic amines is 1. The lowest BCUT2D eigenvalue weighted by Gasteiger charge is -2.05. The first kappa shape index (κ1) is 18.7. The first-order chi connectivity index (χ1) is 13.9. The summed E-state index contributed by atoms with van der Waals surface area (Å²) in [7, 11) is -3.77. The molecule has 0 aliphatic rings. The van der Waals surface area contributed by atoms with Gasteiger partial charge in [0.25, 0.3) is 0 Å². The lowest BCUT2D eigenvalue weighted by molar-refractivity contribution is 0.459. The van der Waals surface area contributed by atoms with Gasteiger partial charge in [-0.15, -0.1) is 5.11 Å². The van der Waals surface area contributed by atoms with E-state index in [0.717, 1.165) is 0 Å². The van der Waals surface area contributed by atoms with Gasteiger partial charge in [-0.25, -0.2) is 13.6 Å². The number of H-pyrrole nitrogens is 1. The monoisotopic (exact) mass is 408 g/mol. The molecule has 0 aliphatic heterocycles. The van der Waals surface area contributed by atoms with Crippen molar-refractivity contribution in [3.63, 3.8) is 0 Å². The minimum atomic E-state index is -3.77. The van der Waals surface area contributed by atoms with Gasteiger partial charge in [-0.2, -0.15) is 5.11 Å². The van der Waals surface area contributed by atoms with Crippen molar-refractivity contribution < 1.29 is 18.3 Å². The number of rotatable bonds is 5. The SMILES string of the molecule is NS(=O)(=O)c1ccc(N=Nc2c(O)[nH]c3cc(Oc4ccccc4)ccc23)cc1. The molecule has 9 heteroatoms. The molecule has 0 aliphatic carbocycles. The van der Waals surface area contributed by atoms with Gasteiger partial charge in [0.2, 0.25) is 15.9 Å². The minimum Gasteiger partial charge on any atom is -0.493 e. The topological polar surface area (TPSA) is 130 Å². The average Bonchev–Trinajstić information content (AvgIpc) is 3.01. The van der Waals surface area contributed by atoms with Gasteiger partial charge in [-0.1, -0.05) is 18.2 Å². The van der Waals surface area contributed by atoms with E-state index in [1.807, 2.05) is 30.3 Å². The van der Waals surface area contributed by atoms with Crippen LogP contribution in [0.2, 0.25) is 0 Å². The molecule has 0 bridgehead atoms. The summed E-state index contributed by atoms with van der Waals surface area (Å²) in [6.45, 7) is 0. The summed E-state index contributed by atoms with van der Waals surface area (Å²) < 4.78 is 28.4. The number of nitrogens with two attached hydrogens (primary N) is 1. The number of primary sulfonamides is 1. The number of nitrogens with one attached hydrogen (secondary N) is 1. The molecule has 146 valence electrons. The highest BCUT2D eigenvalue weighted by atomic mass is 32.2. The number of nitrogens with zero attached hydrogens (tertiary/aromatic N) is 2. The van der Waals surface area contributed by atoms with Crippen molar-refractivity contribution in [1.82, 2.24) is 4.98 Å². The Morgan fingerprint density at radius 1 is 0.897 bits per heavy atom. The summed E-state index contributed by atoms with van der Waals surface area (Å²) >= 11 is 0. The number of aromatic nitrogens is 1. The van der Waals surface area contributed by atoms with Crippen molar-refractivity contribution in [1.29, 1.82) is 0 Å². The molecule has 0 saturated heterocycles. The fraction of sp³-hybridized carbons (Fsp3) is 0. The number of azo groups is 1. The molecular formula is C20H16N4O4S. The van der Waals surface area contributed by atoms with Crippen LogP contribution in [0.15, 0.2) is 87.9 Å². The van der Waals surface area contributed by atoms with Gasteiger partial charge in [0.05, 0.1) is 16.1 Å². The summed E-state index contributed by atoms with van der Waals surface area (Å²) in [5.41, 5.74) is 1.31. The molecule has 0 atom stereocenters. The third-order valence-electron chi connectivity index (χ3n) is 4.13. The van der Waals surface area contributed by atoms with Crippen LogP contribution in [0.4, 0.5) is 11.4 Å². The van der Waals surface area contributed by atoms with E-state index in [2.05, 4.69) is 15.2 Å². The molecule has 4 rings (SSSR count). The van der Waals surface area contributed by atoms with Crippen LogP contribution in [-0.2, 0) is 10.0 Å². The van der Waals surface area contributed by atoms with E-state index in [0.29, 0.717) is 28.1 Å². The highest BCUT2D eigenvalue weighted by molar-refractivity contribution is 7.89. The fourth-order valence-corrected chi connectivity index (χ4v) is 3.26. The van der Waals surface area contributed by atoms with Crippen LogP contribution in [0.5, 0.6) is 17.4 Å². The van der Waals surface area contributed by atoms with Crippen molar-refractivity contribution in [2.75, 3.05) is 0 Å². The van der Waals surface area contributed by atoms with Crippen molar-refractivity contribution in [2.45, 2.75) is 4.90 Å². The molecule has 0 amide bonds. The molecule has 0 saturated carbocycles. The van der Waals surface area contributed by atoms with Crippen LogP contribution in [0.3, 0.4) is 0 Å². The Balaban J connectivity index is 1.60. The zero-order valence-electron chi connectivity index (χ0n) is 15.0. The number of aromatic hydroxyl groups is 1. The quantitative estimate of drug-likeness (QED) is 0.412. The second-order valence-corrected chi connectivity index (χ2v) is 7.75. The predicted octanol–water partition coefficient (Wildman–Crippen LogP) is 4.73. The summed E-state index contributed by atoms with van der Waals surface area (Å²) in [5.74, 6) is 1.17. The van der Waals surface area contributed by atoms with E-state index in [9.17, 15) is 13.5 Å². The zero-order valence-corrected chi connectivity index (χ0v) is 15.8.